The first-order valence-corrected chi connectivity index (χ1v) is 7.77. The van der Waals surface area contributed by atoms with Gasteiger partial charge in [0, 0.05) is 11.3 Å². The zero-order valence-corrected chi connectivity index (χ0v) is 14.1. The van der Waals surface area contributed by atoms with Crippen molar-refractivity contribution in [2.24, 2.45) is 0 Å². The van der Waals surface area contributed by atoms with Crippen LogP contribution < -0.4 is 10.1 Å². The Morgan fingerprint density at radius 1 is 1.25 bits per heavy atom. The molecular formula is C20H20N2O2. The van der Waals surface area contributed by atoms with Crippen LogP contribution in [0.25, 0.3) is 6.08 Å². The third kappa shape index (κ3) is 4.23. The molecule has 0 heterocycles. The smallest absolute Gasteiger partial charge is 0.266 e. The highest BCUT2D eigenvalue weighted by Crippen LogP contribution is 2.22. The first-order valence-electron chi connectivity index (χ1n) is 7.77. The highest BCUT2D eigenvalue weighted by molar-refractivity contribution is 6.10. The SMILES string of the molecule is CCOc1ccccc1/C=C(\C#N)C(=O)Nc1cc(C)ccc1C. The van der Waals surface area contributed by atoms with Crippen molar-refractivity contribution < 1.29 is 9.53 Å². The van der Waals surface area contributed by atoms with Crippen LogP contribution in [0, 0.1) is 25.2 Å². The van der Waals surface area contributed by atoms with Crippen LogP contribution in [0.15, 0.2) is 48.0 Å². The summed E-state index contributed by atoms with van der Waals surface area (Å²) >= 11 is 0. The molecule has 0 bridgehead atoms. The van der Waals surface area contributed by atoms with Gasteiger partial charge in [0.25, 0.3) is 5.91 Å². The van der Waals surface area contributed by atoms with E-state index >= 15 is 0 Å². The molecule has 2 rings (SSSR count). The summed E-state index contributed by atoms with van der Waals surface area (Å²) in [5.41, 5.74) is 3.43. The number of carbonyl (C=O) groups is 1. The normalized spacial score (nSPS) is 10.8. The molecule has 0 spiro atoms. The highest BCUT2D eigenvalue weighted by Gasteiger charge is 2.12. The van der Waals surface area contributed by atoms with Gasteiger partial charge in [0.15, 0.2) is 0 Å². The van der Waals surface area contributed by atoms with E-state index in [0.29, 0.717) is 23.6 Å². The van der Waals surface area contributed by atoms with Gasteiger partial charge >= 0.3 is 0 Å². The van der Waals surface area contributed by atoms with E-state index in [1.807, 2.05) is 69.3 Å². The van der Waals surface area contributed by atoms with Gasteiger partial charge < -0.3 is 10.1 Å². The molecule has 0 atom stereocenters. The van der Waals surface area contributed by atoms with Crippen LogP contribution in [0.2, 0.25) is 0 Å². The Bertz CT molecular complexity index is 817. The quantitative estimate of drug-likeness (QED) is 0.662. The third-order valence-corrected chi connectivity index (χ3v) is 3.53. The van der Waals surface area contributed by atoms with E-state index in [9.17, 15) is 10.1 Å². The molecule has 1 amide bonds. The first kappa shape index (κ1) is 17.3. The standard InChI is InChI=1S/C20H20N2O2/c1-4-24-19-8-6-5-7-16(19)12-17(13-21)20(23)22-18-11-14(2)9-10-15(18)3/h5-12H,4H2,1-3H3,(H,22,23)/b17-12+. The molecular weight excluding hydrogens is 300 g/mol. The van der Waals surface area contributed by atoms with Gasteiger partial charge in [-0.05, 0) is 50.1 Å². The maximum atomic E-state index is 12.4. The number of ether oxygens (including phenoxy) is 1. The van der Waals surface area contributed by atoms with Crippen LogP contribution in [-0.2, 0) is 4.79 Å². The molecule has 0 aliphatic rings. The molecule has 0 saturated carbocycles. The summed E-state index contributed by atoms with van der Waals surface area (Å²) < 4.78 is 5.53. The van der Waals surface area contributed by atoms with Gasteiger partial charge in [0.1, 0.15) is 17.4 Å². The summed E-state index contributed by atoms with van der Waals surface area (Å²) in [7, 11) is 0. The summed E-state index contributed by atoms with van der Waals surface area (Å²) in [4.78, 5) is 12.4. The molecule has 0 aliphatic heterocycles. The number of hydrogen-bond acceptors (Lipinski definition) is 3. The predicted molar refractivity (Wildman–Crippen MR) is 95.7 cm³/mol. The van der Waals surface area contributed by atoms with E-state index in [0.717, 1.165) is 11.1 Å². The number of rotatable bonds is 5. The van der Waals surface area contributed by atoms with E-state index in [1.165, 1.54) is 0 Å². The second-order valence-electron chi connectivity index (χ2n) is 5.41. The molecule has 0 unspecified atom stereocenters. The molecule has 0 radical (unpaired) electrons. The topological polar surface area (TPSA) is 62.1 Å². The Morgan fingerprint density at radius 2 is 2.00 bits per heavy atom. The van der Waals surface area contributed by atoms with Gasteiger partial charge in [-0.3, -0.25) is 4.79 Å². The van der Waals surface area contributed by atoms with Crippen LogP contribution in [0.5, 0.6) is 5.75 Å². The molecule has 24 heavy (non-hydrogen) atoms. The summed E-state index contributed by atoms with van der Waals surface area (Å²) in [6.45, 7) is 6.27. The number of aryl methyl sites for hydroxylation is 2. The summed E-state index contributed by atoms with van der Waals surface area (Å²) in [6, 6.07) is 15.1. The largest absolute Gasteiger partial charge is 0.493 e. The fraction of sp³-hybridized carbons (Fsp3) is 0.200. The molecule has 2 aromatic carbocycles. The van der Waals surface area contributed by atoms with Crippen molar-refractivity contribution in [1.29, 1.82) is 5.26 Å². The summed E-state index contributed by atoms with van der Waals surface area (Å²) in [5, 5.41) is 12.2. The average molecular weight is 320 g/mol. The number of amides is 1. The molecule has 0 aromatic heterocycles. The van der Waals surface area contributed by atoms with E-state index < -0.39 is 5.91 Å². The number of nitrogens with zero attached hydrogens (tertiary/aromatic N) is 1. The summed E-state index contributed by atoms with van der Waals surface area (Å²) in [6.07, 6.45) is 1.55. The number of nitriles is 1. The fourth-order valence-electron chi connectivity index (χ4n) is 2.25. The van der Waals surface area contributed by atoms with Crippen LogP contribution in [-0.4, -0.2) is 12.5 Å². The Balaban J connectivity index is 2.30. The van der Waals surface area contributed by atoms with Crippen LogP contribution in [0.3, 0.4) is 0 Å². The van der Waals surface area contributed by atoms with Crippen LogP contribution >= 0.6 is 0 Å². The lowest BCUT2D eigenvalue weighted by Gasteiger charge is -2.10. The molecule has 0 aliphatic carbocycles. The molecule has 4 nitrogen and oxygen atoms in total. The van der Waals surface area contributed by atoms with Gasteiger partial charge in [0.2, 0.25) is 0 Å². The number of nitrogens with one attached hydrogen (secondary N) is 1. The average Bonchev–Trinajstić information content (AvgIpc) is 2.57. The van der Waals surface area contributed by atoms with E-state index in [1.54, 1.807) is 6.08 Å². The highest BCUT2D eigenvalue weighted by atomic mass is 16.5. The minimum absolute atomic E-state index is 0.0306. The minimum Gasteiger partial charge on any atom is -0.493 e. The van der Waals surface area contributed by atoms with Crippen molar-refractivity contribution in [2.75, 3.05) is 11.9 Å². The van der Waals surface area contributed by atoms with Crippen molar-refractivity contribution in [3.63, 3.8) is 0 Å². The van der Waals surface area contributed by atoms with Crippen molar-refractivity contribution in [2.45, 2.75) is 20.8 Å². The third-order valence-electron chi connectivity index (χ3n) is 3.53. The number of benzene rings is 2. The van der Waals surface area contributed by atoms with Crippen LogP contribution in [0.4, 0.5) is 5.69 Å². The number of anilines is 1. The number of hydrogen-bond donors (Lipinski definition) is 1. The fourth-order valence-corrected chi connectivity index (χ4v) is 2.25. The maximum Gasteiger partial charge on any atom is 0.266 e. The van der Waals surface area contributed by atoms with Crippen molar-refractivity contribution in [3.05, 3.63) is 64.7 Å². The van der Waals surface area contributed by atoms with Gasteiger partial charge in [-0.1, -0.05) is 30.3 Å². The Labute approximate surface area is 142 Å². The lowest BCUT2D eigenvalue weighted by atomic mass is 10.1. The summed E-state index contributed by atoms with van der Waals surface area (Å²) in [5.74, 6) is 0.213. The zero-order valence-electron chi connectivity index (χ0n) is 14.1. The second kappa shape index (κ2) is 7.98. The molecule has 2 aromatic rings. The number of para-hydroxylation sites is 1. The number of carbonyl (C=O) groups excluding carboxylic acids is 1. The van der Waals surface area contributed by atoms with Gasteiger partial charge in [-0.2, -0.15) is 5.26 Å². The van der Waals surface area contributed by atoms with Crippen LogP contribution in [0.1, 0.15) is 23.6 Å². The Hall–Kier alpha value is -3.06. The van der Waals surface area contributed by atoms with Gasteiger partial charge in [0.05, 0.1) is 6.61 Å². The van der Waals surface area contributed by atoms with Gasteiger partial charge in [-0.25, -0.2) is 0 Å². The van der Waals surface area contributed by atoms with Crippen molar-refractivity contribution in [3.8, 4) is 11.8 Å². The van der Waals surface area contributed by atoms with Crippen molar-refractivity contribution in [1.82, 2.24) is 0 Å². The maximum absolute atomic E-state index is 12.4. The molecule has 122 valence electrons. The zero-order chi connectivity index (χ0) is 17.5. The Morgan fingerprint density at radius 3 is 2.71 bits per heavy atom. The minimum atomic E-state index is -0.433. The molecule has 0 saturated heterocycles. The second-order valence-corrected chi connectivity index (χ2v) is 5.41. The van der Waals surface area contributed by atoms with E-state index in [2.05, 4.69) is 5.32 Å². The van der Waals surface area contributed by atoms with E-state index in [4.69, 9.17) is 4.74 Å². The molecule has 4 heteroatoms. The molecule has 0 fully saturated rings. The first-order chi connectivity index (χ1) is 11.5. The van der Waals surface area contributed by atoms with Crippen molar-refractivity contribution >= 4 is 17.7 Å². The Kier molecular flexibility index (Phi) is 5.75. The lowest BCUT2D eigenvalue weighted by Crippen LogP contribution is -2.14. The lowest BCUT2D eigenvalue weighted by molar-refractivity contribution is -0.112. The predicted octanol–water partition coefficient (Wildman–Crippen LogP) is 4.25. The van der Waals surface area contributed by atoms with E-state index in [-0.39, 0.29) is 5.57 Å². The monoisotopic (exact) mass is 320 g/mol. The molecule has 1 N–H and O–H groups in total. The van der Waals surface area contributed by atoms with Gasteiger partial charge in [-0.15, -0.1) is 0 Å².